The summed E-state index contributed by atoms with van der Waals surface area (Å²) in [4.78, 5) is 8.60. The highest BCUT2D eigenvalue weighted by molar-refractivity contribution is 7.09. The highest BCUT2D eigenvalue weighted by Gasteiger charge is 2.02. The van der Waals surface area contributed by atoms with Crippen LogP contribution < -0.4 is 11.1 Å². The Balaban J connectivity index is 1.77. The number of hydrogen-bond acceptors (Lipinski definition) is 5. The molecular weight excluding hydrogens is 256 g/mol. The maximum absolute atomic E-state index is 5.77. The molecule has 96 valence electrons. The topological polar surface area (TPSA) is 63.8 Å². The third-order valence-electron chi connectivity index (χ3n) is 2.90. The van der Waals surface area contributed by atoms with Crippen LogP contribution in [0.5, 0.6) is 0 Å². The summed E-state index contributed by atoms with van der Waals surface area (Å²) in [5.74, 6) is 0. The van der Waals surface area contributed by atoms with Gasteiger partial charge in [0, 0.05) is 47.5 Å². The lowest BCUT2D eigenvalue weighted by molar-refractivity contribution is 0.999. The van der Waals surface area contributed by atoms with E-state index in [2.05, 4.69) is 15.3 Å². The van der Waals surface area contributed by atoms with Crippen LogP contribution in [0.2, 0.25) is 0 Å². The van der Waals surface area contributed by atoms with Crippen molar-refractivity contribution in [1.29, 1.82) is 0 Å². The van der Waals surface area contributed by atoms with E-state index >= 15 is 0 Å². The van der Waals surface area contributed by atoms with Gasteiger partial charge in [-0.3, -0.25) is 4.98 Å². The summed E-state index contributed by atoms with van der Waals surface area (Å²) in [6.45, 7) is 0.858. The van der Waals surface area contributed by atoms with Crippen molar-refractivity contribution in [2.75, 3.05) is 17.6 Å². The first-order chi connectivity index (χ1) is 9.33. The molecule has 0 fully saturated rings. The zero-order chi connectivity index (χ0) is 13.1. The number of anilines is 2. The smallest absolute Gasteiger partial charge is 0.0942 e. The van der Waals surface area contributed by atoms with E-state index < -0.39 is 0 Å². The van der Waals surface area contributed by atoms with Gasteiger partial charge in [0.05, 0.1) is 10.5 Å². The Bertz CT molecular complexity index is 679. The summed E-state index contributed by atoms with van der Waals surface area (Å²) in [5.41, 5.74) is 8.51. The summed E-state index contributed by atoms with van der Waals surface area (Å²) >= 11 is 1.68. The van der Waals surface area contributed by atoms with Gasteiger partial charge in [0.15, 0.2) is 0 Å². The minimum Gasteiger partial charge on any atom is -0.399 e. The second-order valence-corrected chi connectivity index (χ2v) is 5.22. The van der Waals surface area contributed by atoms with E-state index in [1.54, 1.807) is 17.5 Å². The van der Waals surface area contributed by atoms with Crippen LogP contribution in [0.4, 0.5) is 11.4 Å². The zero-order valence-electron chi connectivity index (χ0n) is 10.3. The number of pyridine rings is 1. The SMILES string of the molecule is Nc1ccc2c(NCCc3nccs3)ccnc2c1. The van der Waals surface area contributed by atoms with Crippen molar-refractivity contribution in [1.82, 2.24) is 9.97 Å². The molecule has 0 saturated carbocycles. The van der Waals surface area contributed by atoms with Gasteiger partial charge in [-0.25, -0.2) is 4.98 Å². The fraction of sp³-hybridized carbons (Fsp3) is 0.143. The van der Waals surface area contributed by atoms with Gasteiger partial charge in [-0.05, 0) is 24.3 Å². The third-order valence-corrected chi connectivity index (χ3v) is 3.74. The number of nitrogens with two attached hydrogens (primary N) is 1. The van der Waals surface area contributed by atoms with Crippen molar-refractivity contribution in [2.45, 2.75) is 6.42 Å². The average molecular weight is 270 g/mol. The van der Waals surface area contributed by atoms with Crippen molar-refractivity contribution < 1.29 is 0 Å². The summed E-state index contributed by atoms with van der Waals surface area (Å²) in [7, 11) is 0. The molecule has 2 aromatic heterocycles. The maximum Gasteiger partial charge on any atom is 0.0942 e. The maximum atomic E-state index is 5.77. The van der Waals surface area contributed by atoms with Crippen LogP contribution in [0.15, 0.2) is 42.0 Å². The highest BCUT2D eigenvalue weighted by Crippen LogP contribution is 2.23. The average Bonchev–Trinajstić information content (AvgIpc) is 2.92. The van der Waals surface area contributed by atoms with Crippen LogP contribution in [0, 0.1) is 0 Å². The number of benzene rings is 1. The molecule has 5 heteroatoms. The number of rotatable bonds is 4. The molecule has 0 radical (unpaired) electrons. The molecule has 0 aliphatic rings. The van der Waals surface area contributed by atoms with Gasteiger partial charge in [0.25, 0.3) is 0 Å². The predicted molar refractivity (Wildman–Crippen MR) is 80.5 cm³/mol. The first kappa shape index (κ1) is 11.9. The lowest BCUT2D eigenvalue weighted by atomic mass is 10.1. The highest BCUT2D eigenvalue weighted by atomic mass is 32.1. The fourth-order valence-corrected chi connectivity index (χ4v) is 2.62. The van der Waals surface area contributed by atoms with Gasteiger partial charge < -0.3 is 11.1 Å². The van der Waals surface area contributed by atoms with E-state index in [4.69, 9.17) is 5.73 Å². The zero-order valence-corrected chi connectivity index (χ0v) is 11.2. The van der Waals surface area contributed by atoms with Crippen LogP contribution in [-0.2, 0) is 6.42 Å². The molecule has 0 bridgehead atoms. The minimum absolute atomic E-state index is 0.736. The number of fused-ring (bicyclic) bond motifs is 1. The summed E-state index contributed by atoms with van der Waals surface area (Å²) in [6.07, 6.45) is 4.56. The quantitative estimate of drug-likeness (QED) is 0.715. The van der Waals surface area contributed by atoms with Crippen LogP contribution in [0.1, 0.15) is 5.01 Å². The molecule has 3 rings (SSSR count). The third kappa shape index (κ3) is 2.66. The molecule has 3 N–H and O–H groups in total. The Morgan fingerprint density at radius 1 is 1.16 bits per heavy atom. The van der Waals surface area contributed by atoms with Crippen molar-refractivity contribution in [3.8, 4) is 0 Å². The van der Waals surface area contributed by atoms with E-state index in [9.17, 15) is 0 Å². The number of thiazole rings is 1. The first-order valence-corrected chi connectivity index (χ1v) is 6.97. The molecular formula is C14H14N4S. The fourth-order valence-electron chi connectivity index (χ4n) is 2.00. The van der Waals surface area contributed by atoms with E-state index in [0.717, 1.165) is 40.3 Å². The molecule has 0 atom stereocenters. The van der Waals surface area contributed by atoms with E-state index in [1.807, 2.05) is 35.8 Å². The lowest BCUT2D eigenvalue weighted by Crippen LogP contribution is -2.05. The van der Waals surface area contributed by atoms with Crippen molar-refractivity contribution in [2.24, 2.45) is 0 Å². The molecule has 0 saturated heterocycles. The van der Waals surface area contributed by atoms with Gasteiger partial charge >= 0.3 is 0 Å². The Morgan fingerprint density at radius 3 is 2.95 bits per heavy atom. The number of aromatic nitrogens is 2. The summed E-state index contributed by atoms with van der Waals surface area (Å²) in [5, 5.41) is 7.67. The minimum atomic E-state index is 0.736. The van der Waals surface area contributed by atoms with Gasteiger partial charge in [0.1, 0.15) is 0 Å². The Hall–Kier alpha value is -2.14. The second-order valence-electron chi connectivity index (χ2n) is 4.24. The molecule has 3 aromatic rings. The molecule has 0 amide bonds. The van der Waals surface area contributed by atoms with Crippen molar-refractivity contribution >= 4 is 33.6 Å². The summed E-state index contributed by atoms with van der Waals surface area (Å²) in [6, 6.07) is 7.78. The molecule has 0 aliphatic carbocycles. The normalized spacial score (nSPS) is 10.7. The molecule has 4 nitrogen and oxygen atoms in total. The number of nitrogens with zero attached hydrogens (tertiary/aromatic N) is 2. The summed E-state index contributed by atoms with van der Waals surface area (Å²) < 4.78 is 0. The van der Waals surface area contributed by atoms with E-state index in [-0.39, 0.29) is 0 Å². The van der Waals surface area contributed by atoms with E-state index in [1.165, 1.54) is 0 Å². The number of nitrogen functional groups attached to an aromatic ring is 1. The predicted octanol–water partition coefficient (Wildman–Crippen LogP) is 2.93. The molecule has 0 spiro atoms. The first-order valence-electron chi connectivity index (χ1n) is 6.09. The van der Waals surface area contributed by atoms with E-state index in [0.29, 0.717) is 0 Å². The Morgan fingerprint density at radius 2 is 2.11 bits per heavy atom. The van der Waals surface area contributed by atoms with Gasteiger partial charge in [-0.2, -0.15) is 0 Å². The molecule has 0 aliphatic heterocycles. The lowest BCUT2D eigenvalue weighted by Gasteiger charge is -2.08. The molecule has 1 aromatic carbocycles. The Labute approximate surface area is 115 Å². The van der Waals surface area contributed by atoms with Crippen LogP contribution in [-0.4, -0.2) is 16.5 Å². The van der Waals surface area contributed by atoms with Crippen molar-refractivity contribution in [3.05, 3.63) is 47.0 Å². The van der Waals surface area contributed by atoms with Crippen LogP contribution >= 0.6 is 11.3 Å². The Kier molecular flexibility index (Phi) is 3.29. The van der Waals surface area contributed by atoms with Gasteiger partial charge in [0.2, 0.25) is 0 Å². The monoisotopic (exact) mass is 270 g/mol. The number of nitrogens with one attached hydrogen (secondary N) is 1. The number of hydrogen-bond donors (Lipinski definition) is 2. The largest absolute Gasteiger partial charge is 0.399 e. The van der Waals surface area contributed by atoms with Gasteiger partial charge in [-0.15, -0.1) is 11.3 Å². The molecule has 2 heterocycles. The second kappa shape index (κ2) is 5.24. The standard InChI is InChI=1S/C14H14N4S/c15-10-1-2-11-12(3-5-17-13(11)9-10)16-6-4-14-18-7-8-19-14/h1-3,5,7-9H,4,6,15H2,(H,16,17). The van der Waals surface area contributed by atoms with Crippen molar-refractivity contribution in [3.63, 3.8) is 0 Å². The van der Waals surface area contributed by atoms with Crippen LogP contribution in [0.3, 0.4) is 0 Å². The molecule has 0 unspecified atom stereocenters. The van der Waals surface area contributed by atoms with Gasteiger partial charge in [-0.1, -0.05) is 0 Å². The van der Waals surface area contributed by atoms with Crippen LogP contribution in [0.25, 0.3) is 10.9 Å². The molecule has 19 heavy (non-hydrogen) atoms.